The van der Waals surface area contributed by atoms with Crippen molar-refractivity contribution in [3.05, 3.63) is 65.7 Å². The first-order valence-electron chi connectivity index (χ1n) is 7.45. The topological polar surface area (TPSA) is 47.6 Å². The fourth-order valence-corrected chi connectivity index (χ4v) is 2.19. The first kappa shape index (κ1) is 16.6. The lowest BCUT2D eigenvalue weighted by atomic mass is 10.1. The molecule has 0 bridgehead atoms. The Morgan fingerprint density at radius 2 is 1.87 bits per heavy atom. The Kier molecular flexibility index (Phi) is 6.24. The van der Waals surface area contributed by atoms with Crippen molar-refractivity contribution < 1.29 is 14.3 Å². The molecule has 0 aliphatic rings. The van der Waals surface area contributed by atoms with Gasteiger partial charge in [0.2, 0.25) is 0 Å². The molecule has 0 aliphatic carbocycles. The second-order valence-corrected chi connectivity index (χ2v) is 4.98. The number of hydrogen-bond acceptors (Lipinski definition) is 4. The van der Waals surface area contributed by atoms with E-state index in [1.54, 1.807) is 7.11 Å². The molecule has 0 amide bonds. The molecule has 2 aromatic rings. The molecule has 0 radical (unpaired) electrons. The van der Waals surface area contributed by atoms with Gasteiger partial charge in [0.25, 0.3) is 0 Å². The fourth-order valence-electron chi connectivity index (χ4n) is 2.19. The normalized spacial score (nSPS) is 11.0. The Bertz CT molecular complexity index is 665. The summed E-state index contributed by atoms with van der Waals surface area (Å²) in [6.45, 7) is 0.648. The molecule has 0 fully saturated rings. The molecular weight excluding hydrogens is 290 g/mol. The average Bonchev–Trinajstić information content (AvgIpc) is 2.61. The Hall–Kier alpha value is -2.75. The van der Waals surface area contributed by atoms with Crippen LogP contribution in [0.5, 0.6) is 5.75 Å². The van der Waals surface area contributed by atoms with Gasteiger partial charge in [0.15, 0.2) is 0 Å². The van der Waals surface area contributed by atoms with E-state index in [9.17, 15) is 4.79 Å². The quantitative estimate of drug-likeness (QED) is 0.625. The second-order valence-electron chi connectivity index (χ2n) is 4.98. The van der Waals surface area contributed by atoms with E-state index in [2.05, 4.69) is 5.32 Å². The SMILES string of the molecule is COC(=O)/C(=C/c1cccc(OC)c1)CCNc1ccccc1. The van der Waals surface area contributed by atoms with Crippen molar-refractivity contribution in [2.45, 2.75) is 6.42 Å². The molecule has 0 saturated carbocycles. The van der Waals surface area contributed by atoms with Gasteiger partial charge in [-0.15, -0.1) is 0 Å². The van der Waals surface area contributed by atoms with Gasteiger partial charge >= 0.3 is 5.97 Å². The number of esters is 1. The van der Waals surface area contributed by atoms with Gasteiger partial charge in [0.05, 0.1) is 14.2 Å². The number of carbonyl (C=O) groups is 1. The summed E-state index contributed by atoms with van der Waals surface area (Å²) in [4.78, 5) is 12.0. The maximum absolute atomic E-state index is 12.0. The number of nitrogens with one attached hydrogen (secondary N) is 1. The second kappa shape index (κ2) is 8.63. The molecule has 0 unspecified atom stereocenters. The predicted octanol–water partition coefficient (Wildman–Crippen LogP) is 3.75. The maximum atomic E-state index is 12.0. The molecule has 4 nitrogen and oxygen atoms in total. The van der Waals surface area contributed by atoms with E-state index >= 15 is 0 Å². The predicted molar refractivity (Wildman–Crippen MR) is 92.5 cm³/mol. The highest BCUT2D eigenvalue weighted by atomic mass is 16.5. The zero-order valence-electron chi connectivity index (χ0n) is 13.4. The van der Waals surface area contributed by atoms with Crippen LogP contribution >= 0.6 is 0 Å². The van der Waals surface area contributed by atoms with E-state index in [1.165, 1.54) is 7.11 Å². The van der Waals surface area contributed by atoms with Crippen LogP contribution in [0.25, 0.3) is 6.08 Å². The molecule has 120 valence electrons. The van der Waals surface area contributed by atoms with E-state index in [0.717, 1.165) is 17.0 Å². The third-order valence-corrected chi connectivity index (χ3v) is 3.38. The summed E-state index contributed by atoms with van der Waals surface area (Å²) >= 11 is 0. The minimum absolute atomic E-state index is 0.317. The monoisotopic (exact) mass is 311 g/mol. The van der Waals surface area contributed by atoms with Gasteiger partial charge in [-0.05, 0) is 42.3 Å². The minimum Gasteiger partial charge on any atom is -0.497 e. The lowest BCUT2D eigenvalue weighted by molar-refractivity contribution is -0.136. The number of ether oxygens (including phenoxy) is 2. The zero-order chi connectivity index (χ0) is 16.5. The molecule has 0 heterocycles. The van der Waals surface area contributed by atoms with Crippen LogP contribution < -0.4 is 10.1 Å². The maximum Gasteiger partial charge on any atom is 0.333 e. The Labute approximate surface area is 136 Å². The molecular formula is C19H21NO3. The Balaban J connectivity index is 2.07. The third-order valence-electron chi connectivity index (χ3n) is 3.38. The lowest BCUT2D eigenvalue weighted by Gasteiger charge is -2.09. The van der Waals surface area contributed by atoms with Crippen LogP contribution in [0, 0.1) is 0 Å². The molecule has 2 rings (SSSR count). The first-order valence-corrected chi connectivity index (χ1v) is 7.45. The number of anilines is 1. The van der Waals surface area contributed by atoms with Crippen LogP contribution in [0.2, 0.25) is 0 Å². The van der Waals surface area contributed by atoms with Crippen molar-refractivity contribution in [2.24, 2.45) is 0 Å². The summed E-state index contributed by atoms with van der Waals surface area (Å²) in [6, 6.07) is 17.4. The smallest absolute Gasteiger partial charge is 0.333 e. The third kappa shape index (κ3) is 5.18. The average molecular weight is 311 g/mol. The van der Waals surface area contributed by atoms with E-state index in [-0.39, 0.29) is 5.97 Å². The molecule has 23 heavy (non-hydrogen) atoms. The molecule has 0 aliphatic heterocycles. The number of hydrogen-bond donors (Lipinski definition) is 1. The Morgan fingerprint density at radius 1 is 1.09 bits per heavy atom. The molecule has 0 spiro atoms. The number of carbonyl (C=O) groups excluding carboxylic acids is 1. The van der Waals surface area contributed by atoms with Gasteiger partial charge in [-0.3, -0.25) is 0 Å². The van der Waals surface area contributed by atoms with Crippen LogP contribution in [-0.4, -0.2) is 26.7 Å². The molecule has 0 atom stereocenters. The van der Waals surface area contributed by atoms with Crippen molar-refractivity contribution in [1.29, 1.82) is 0 Å². The van der Waals surface area contributed by atoms with Crippen LogP contribution in [0.3, 0.4) is 0 Å². The highest BCUT2D eigenvalue weighted by Crippen LogP contribution is 2.17. The minimum atomic E-state index is -0.317. The first-order chi connectivity index (χ1) is 11.2. The lowest BCUT2D eigenvalue weighted by Crippen LogP contribution is -2.10. The van der Waals surface area contributed by atoms with Crippen LogP contribution in [0.1, 0.15) is 12.0 Å². The van der Waals surface area contributed by atoms with Gasteiger partial charge in [-0.25, -0.2) is 4.79 Å². The van der Waals surface area contributed by atoms with Crippen molar-refractivity contribution in [3.8, 4) is 5.75 Å². The zero-order valence-corrected chi connectivity index (χ0v) is 13.4. The molecule has 2 aromatic carbocycles. The summed E-state index contributed by atoms with van der Waals surface area (Å²) in [7, 11) is 3.01. The van der Waals surface area contributed by atoms with E-state index in [1.807, 2.05) is 60.7 Å². The summed E-state index contributed by atoms with van der Waals surface area (Å²) in [5.41, 5.74) is 2.55. The number of methoxy groups -OCH3 is 2. The molecule has 0 saturated heterocycles. The van der Waals surface area contributed by atoms with Gasteiger partial charge in [-0.1, -0.05) is 30.3 Å². The largest absolute Gasteiger partial charge is 0.497 e. The Morgan fingerprint density at radius 3 is 2.57 bits per heavy atom. The van der Waals surface area contributed by atoms with E-state index in [0.29, 0.717) is 18.5 Å². The van der Waals surface area contributed by atoms with E-state index < -0.39 is 0 Å². The van der Waals surface area contributed by atoms with Crippen molar-refractivity contribution in [2.75, 3.05) is 26.1 Å². The molecule has 4 heteroatoms. The summed E-state index contributed by atoms with van der Waals surface area (Å²) in [5.74, 6) is 0.438. The molecule has 0 aromatic heterocycles. The van der Waals surface area contributed by atoms with Gasteiger partial charge in [0.1, 0.15) is 5.75 Å². The number of para-hydroxylation sites is 1. The van der Waals surface area contributed by atoms with Crippen LogP contribution in [0.4, 0.5) is 5.69 Å². The van der Waals surface area contributed by atoms with Crippen molar-refractivity contribution in [3.63, 3.8) is 0 Å². The van der Waals surface area contributed by atoms with Crippen LogP contribution in [0.15, 0.2) is 60.2 Å². The van der Waals surface area contributed by atoms with Crippen molar-refractivity contribution >= 4 is 17.7 Å². The molecule has 1 N–H and O–H groups in total. The summed E-state index contributed by atoms with van der Waals surface area (Å²) in [5, 5.41) is 3.29. The summed E-state index contributed by atoms with van der Waals surface area (Å²) < 4.78 is 10.1. The number of rotatable bonds is 7. The standard InChI is InChI=1S/C19H21NO3/c1-22-18-10-6-7-15(14-18)13-16(19(21)23-2)11-12-20-17-8-4-3-5-9-17/h3-10,13-14,20H,11-12H2,1-2H3/b16-13+. The highest BCUT2D eigenvalue weighted by molar-refractivity contribution is 5.93. The fraction of sp³-hybridized carbons (Fsp3) is 0.211. The van der Waals surface area contributed by atoms with Gasteiger partial charge in [-0.2, -0.15) is 0 Å². The van der Waals surface area contributed by atoms with Gasteiger partial charge in [0, 0.05) is 17.8 Å². The van der Waals surface area contributed by atoms with Crippen molar-refractivity contribution in [1.82, 2.24) is 0 Å². The van der Waals surface area contributed by atoms with E-state index in [4.69, 9.17) is 9.47 Å². The van der Waals surface area contributed by atoms with Gasteiger partial charge < -0.3 is 14.8 Å². The summed E-state index contributed by atoms with van der Waals surface area (Å²) in [6.07, 6.45) is 2.40. The number of benzene rings is 2. The highest BCUT2D eigenvalue weighted by Gasteiger charge is 2.09. The van der Waals surface area contributed by atoms with Crippen LogP contribution in [-0.2, 0) is 9.53 Å².